The third kappa shape index (κ3) is 4.14. The van der Waals surface area contributed by atoms with E-state index in [2.05, 4.69) is 15.0 Å². The number of nitrogens with zero attached hydrogens (tertiary/aromatic N) is 5. The van der Waals surface area contributed by atoms with Crippen LogP contribution in [0.25, 0.3) is 0 Å². The molecular weight excluding hydrogens is 398 g/mol. The Hall–Kier alpha value is -2.94. The van der Waals surface area contributed by atoms with Crippen LogP contribution >= 0.6 is 0 Å². The minimum Gasteiger partial charge on any atom is -0.378 e. The third-order valence-electron chi connectivity index (χ3n) is 6.42. The summed E-state index contributed by atoms with van der Waals surface area (Å²) in [5.74, 6) is 1.26. The van der Waals surface area contributed by atoms with Gasteiger partial charge in [0, 0.05) is 50.7 Å². The number of rotatable bonds is 4. The number of anilines is 2. The van der Waals surface area contributed by atoms with Crippen LogP contribution in [0, 0.1) is 5.92 Å². The van der Waals surface area contributed by atoms with E-state index >= 15 is 0 Å². The van der Waals surface area contributed by atoms with Crippen LogP contribution in [-0.2, 0) is 14.3 Å². The molecule has 3 aliphatic rings. The van der Waals surface area contributed by atoms with E-state index < -0.39 is 0 Å². The molecule has 31 heavy (non-hydrogen) atoms. The molecule has 2 aromatic rings. The minimum atomic E-state index is -0.277. The fourth-order valence-corrected chi connectivity index (χ4v) is 4.62. The Bertz CT molecular complexity index is 919. The first-order valence-corrected chi connectivity index (χ1v) is 11.0. The monoisotopic (exact) mass is 425 g/mol. The summed E-state index contributed by atoms with van der Waals surface area (Å²) in [7, 11) is 0. The van der Waals surface area contributed by atoms with Crippen LogP contribution in [0.15, 0.2) is 34.9 Å². The van der Waals surface area contributed by atoms with Gasteiger partial charge >= 0.3 is 0 Å². The number of piperidine rings is 1. The molecule has 1 atom stereocenters. The Kier molecular flexibility index (Phi) is 5.59. The van der Waals surface area contributed by atoms with Gasteiger partial charge in [-0.2, -0.15) is 4.98 Å². The van der Waals surface area contributed by atoms with Gasteiger partial charge in [0.2, 0.25) is 17.7 Å². The zero-order chi connectivity index (χ0) is 21.2. The lowest BCUT2D eigenvalue weighted by atomic mass is 9.95. The SMILES string of the molecule is O=C([C@H]1CC(=O)N(c2ccccc2)C1)N1CCC(c2nc(N3CCOCC3)no2)CC1. The van der Waals surface area contributed by atoms with Crippen LogP contribution in [0.2, 0.25) is 0 Å². The maximum atomic E-state index is 13.1. The molecule has 0 unspecified atom stereocenters. The van der Waals surface area contributed by atoms with Crippen molar-refractivity contribution in [3.8, 4) is 0 Å². The van der Waals surface area contributed by atoms with Gasteiger partial charge in [-0.25, -0.2) is 0 Å². The summed E-state index contributed by atoms with van der Waals surface area (Å²) in [6, 6.07) is 9.55. The largest absolute Gasteiger partial charge is 0.378 e. The number of morpholine rings is 1. The molecule has 2 amide bonds. The Balaban J connectivity index is 1.16. The summed E-state index contributed by atoms with van der Waals surface area (Å²) in [6.45, 7) is 4.64. The summed E-state index contributed by atoms with van der Waals surface area (Å²) >= 11 is 0. The van der Waals surface area contributed by atoms with Crippen LogP contribution in [-0.4, -0.2) is 72.8 Å². The predicted molar refractivity (Wildman–Crippen MR) is 113 cm³/mol. The highest BCUT2D eigenvalue weighted by molar-refractivity contribution is 6.00. The fourth-order valence-electron chi connectivity index (χ4n) is 4.62. The van der Waals surface area contributed by atoms with Gasteiger partial charge in [0.15, 0.2) is 0 Å². The molecule has 9 nitrogen and oxygen atoms in total. The first-order valence-electron chi connectivity index (χ1n) is 11.0. The van der Waals surface area contributed by atoms with E-state index in [0.717, 1.165) is 31.6 Å². The van der Waals surface area contributed by atoms with Crippen molar-refractivity contribution in [1.82, 2.24) is 15.0 Å². The van der Waals surface area contributed by atoms with Crippen molar-refractivity contribution in [3.05, 3.63) is 36.2 Å². The molecule has 164 valence electrons. The number of para-hydroxylation sites is 1. The molecule has 1 aromatic heterocycles. The molecule has 0 bridgehead atoms. The van der Waals surface area contributed by atoms with Gasteiger partial charge in [-0.05, 0) is 30.1 Å². The molecular formula is C22H27N5O4. The van der Waals surface area contributed by atoms with E-state index in [1.165, 1.54) is 0 Å². The average molecular weight is 425 g/mol. The Labute approximate surface area is 180 Å². The zero-order valence-corrected chi connectivity index (χ0v) is 17.5. The number of aromatic nitrogens is 2. The Morgan fingerprint density at radius 2 is 1.77 bits per heavy atom. The minimum absolute atomic E-state index is 0.0148. The number of benzene rings is 1. The quantitative estimate of drug-likeness (QED) is 0.736. The normalized spacial score (nSPS) is 22.9. The highest BCUT2D eigenvalue weighted by Gasteiger charge is 2.38. The number of carbonyl (C=O) groups is 2. The lowest BCUT2D eigenvalue weighted by molar-refractivity contribution is -0.136. The van der Waals surface area contributed by atoms with E-state index in [1.807, 2.05) is 35.2 Å². The highest BCUT2D eigenvalue weighted by Crippen LogP contribution is 2.31. The van der Waals surface area contributed by atoms with Crippen molar-refractivity contribution in [2.75, 3.05) is 55.7 Å². The first kappa shape index (κ1) is 20.0. The van der Waals surface area contributed by atoms with Crippen molar-refractivity contribution >= 4 is 23.5 Å². The van der Waals surface area contributed by atoms with Gasteiger partial charge in [0.1, 0.15) is 0 Å². The second kappa shape index (κ2) is 8.66. The van der Waals surface area contributed by atoms with Crippen molar-refractivity contribution in [2.24, 2.45) is 5.92 Å². The number of carbonyl (C=O) groups excluding carboxylic acids is 2. The molecule has 3 aliphatic heterocycles. The Morgan fingerprint density at radius 1 is 1.03 bits per heavy atom. The van der Waals surface area contributed by atoms with Gasteiger partial charge in [0.25, 0.3) is 5.95 Å². The molecule has 4 heterocycles. The number of hydrogen-bond donors (Lipinski definition) is 0. The average Bonchev–Trinajstić information content (AvgIpc) is 3.47. The lowest BCUT2D eigenvalue weighted by Gasteiger charge is -2.32. The standard InChI is InChI=1S/C22H27N5O4/c28-19-14-17(15-27(19)18-4-2-1-3-5-18)21(29)25-8-6-16(7-9-25)20-23-22(24-31-20)26-10-12-30-13-11-26/h1-5,16-17H,6-15H2/t17-/m0/s1. The van der Waals surface area contributed by atoms with Crippen molar-refractivity contribution in [3.63, 3.8) is 0 Å². The third-order valence-corrected chi connectivity index (χ3v) is 6.42. The van der Waals surface area contributed by atoms with E-state index in [-0.39, 0.29) is 30.1 Å². The Morgan fingerprint density at radius 3 is 2.52 bits per heavy atom. The highest BCUT2D eigenvalue weighted by atomic mass is 16.5. The summed E-state index contributed by atoms with van der Waals surface area (Å²) in [5.41, 5.74) is 0.856. The maximum Gasteiger partial charge on any atom is 0.266 e. The molecule has 0 aliphatic carbocycles. The summed E-state index contributed by atoms with van der Waals surface area (Å²) < 4.78 is 10.9. The van der Waals surface area contributed by atoms with Gasteiger partial charge in [-0.1, -0.05) is 18.2 Å². The summed E-state index contributed by atoms with van der Waals surface area (Å²) in [6.07, 6.45) is 1.86. The number of ether oxygens (including phenoxy) is 1. The van der Waals surface area contributed by atoms with E-state index in [0.29, 0.717) is 44.7 Å². The fraction of sp³-hybridized carbons (Fsp3) is 0.545. The molecule has 9 heteroatoms. The molecule has 0 N–H and O–H groups in total. The van der Waals surface area contributed by atoms with Crippen LogP contribution in [0.3, 0.4) is 0 Å². The molecule has 0 spiro atoms. The van der Waals surface area contributed by atoms with Gasteiger partial charge in [-0.15, -0.1) is 0 Å². The second-order valence-electron chi connectivity index (χ2n) is 8.37. The van der Waals surface area contributed by atoms with Gasteiger partial charge < -0.3 is 24.0 Å². The van der Waals surface area contributed by atoms with Gasteiger partial charge in [0.05, 0.1) is 19.1 Å². The van der Waals surface area contributed by atoms with Gasteiger partial charge in [-0.3, -0.25) is 9.59 Å². The van der Waals surface area contributed by atoms with E-state index in [9.17, 15) is 9.59 Å². The first-order chi connectivity index (χ1) is 15.2. The summed E-state index contributed by atoms with van der Waals surface area (Å²) in [4.78, 5) is 35.8. The zero-order valence-electron chi connectivity index (χ0n) is 17.5. The smallest absolute Gasteiger partial charge is 0.266 e. The predicted octanol–water partition coefficient (Wildman–Crippen LogP) is 1.67. The van der Waals surface area contributed by atoms with Crippen LogP contribution in [0.1, 0.15) is 31.1 Å². The lowest BCUT2D eigenvalue weighted by Crippen LogP contribution is -2.42. The van der Waals surface area contributed by atoms with Crippen molar-refractivity contribution < 1.29 is 18.8 Å². The second-order valence-corrected chi connectivity index (χ2v) is 8.37. The number of hydrogen-bond acceptors (Lipinski definition) is 7. The topological polar surface area (TPSA) is 92.0 Å². The van der Waals surface area contributed by atoms with E-state index in [4.69, 9.17) is 9.26 Å². The molecule has 1 aromatic carbocycles. The maximum absolute atomic E-state index is 13.1. The molecule has 0 radical (unpaired) electrons. The van der Waals surface area contributed by atoms with Crippen molar-refractivity contribution in [2.45, 2.75) is 25.2 Å². The van der Waals surface area contributed by atoms with Crippen molar-refractivity contribution in [1.29, 1.82) is 0 Å². The van der Waals surface area contributed by atoms with Crippen LogP contribution in [0.4, 0.5) is 11.6 Å². The molecule has 3 fully saturated rings. The molecule has 0 saturated carbocycles. The van der Waals surface area contributed by atoms with Crippen LogP contribution < -0.4 is 9.80 Å². The summed E-state index contributed by atoms with van der Waals surface area (Å²) in [5, 5.41) is 4.14. The molecule has 5 rings (SSSR count). The number of amides is 2. The number of likely N-dealkylation sites (tertiary alicyclic amines) is 1. The van der Waals surface area contributed by atoms with E-state index in [1.54, 1.807) is 4.90 Å². The molecule has 3 saturated heterocycles. The van der Waals surface area contributed by atoms with Crippen LogP contribution in [0.5, 0.6) is 0 Å².